The van der Waals surface area contributed by atoms with Gasteiger partial charge in [0.15, 0.2) is 0 Å². The summed E-state index contributed by atoms with van der Waals surface area (Å²) in [6.45, 7) is 2.13. The average Bonchev–Trinajstić information content (AvgIpc) is 2.54. The fourth-order valence-corrected chi connectivity index (χ4v) is 2.63. The monoisotopic (exact) mass is 292 g/mol. The van der Waals surface area contributed by atoms with E-state index in [1.165, 1.54) is 0 Å². The standard InChI is InChI=1S/C16H24N2O3/c1-20-13-4-5-15(21-2)14(11-13)18-16(19)6-3-12-7-9-17-10-8-12/h4-5,11-12,17H,3,6-10H2,1-2H3,(H,18,19). The van der Waals surface area contributed by atoms with Crippen molar-refractivity contribution in [1.82, 2.24) is 5.32 Å². The molecular formula is C16H24N2O3. The molecular weight excluding hydrogens is 268 g/mol. The van der Waals surface area contributed by atoms with Gasteiger partial charge in [-0.2, -0.15) is 0 Å². The summed E-state index contributed by atoms with van der Waals surface area (Å²) in [6, 6.07) is 5.38. The van der Waals surface area contributed by atoms with E-state index in [4.69, 9.17) is 9.47 Å². The molecule has 1 aliphatic heterocycles. The second-order valence-corrected chi connectivity index (χ2v) is 5.35. The topological polar surface area (TPSA) is 59.6 Å². The zero-order valence-corrected chi connectivity index (χ0v) is 12.8. The molecule has 0 saturated carbocycles. The predicted molar refractivity (Wildman–Crippen MR) is 83.0 cm³/mol. The number of hydrogen-bond donors (Lipinski definition) is 2. The number of benzene rings is 1. The van der Waals surface area contributed by atoms with Gasteiger partial charge >= 0.3 is 0 Å². The SMILES string of the molecule is COc1ccc(OC)c(NC(=O)CCC2CCNCC2)c1. The van der Waals surface area contributed by atoms with Crippen LogP contribution < -0.4 is 20.1 Å². The first-order chi connectivity index (χ1) is 10.2. The van der Waals surface area contributed by atoms with Crippen LogP contribution in [-0.4, -0.2) is 33.2 Å². The molecule has 5 heteroatoms. The summed E-state index contributed by atoms with van der Waals surface area (Å²) in [5, 5.41) is 6.26. The molecule has 0 spiro atoms. The Hall–Kier alpha value is -1.75. The minimum Gasteiger partial charge on any atom is -0.497 e. The summed E-state index contributed by atoms with van der Waals surface area (Å²) in [5.41, 5.74) is 0.659. The lowest BCUT2D eigenvalue weighted by Gasteiger charge is -2.22. The zero-order valence-electron chi connectivity index (χ0n) is 12.8. The summed E-state index contributed by atoms with van der Waals surface area (Å²) < 4.78 is 10.4. The van der Waals surface area contributed by atoms with Crippen LogP contribution in [0.3, 0.4) is 0 Å². The molecule has 21 heavy (non-hydrogen) atoms. The van der Waals surface area contributed by atoms with Gasteiger partial charge in [0.1, 0.15) is 11.5 Å². The molecule has 0 aliphatic carbocycles. The number of methoxy groups -OCH3 is 2. The Bertz CT molecular complexity index is 471. The van der Waals surface area contributed by atoms with Crippen LogP contribution in [-0.2, 0) is 4.79 Å². The van der Waals surface area contributed by atoms with E-state index in [0.29, 0.717) is 29.5 Å². The van der Waals surface area contributed by atoms with E-state index in [1.807, 2.05) is 6.07 Å². The molecule has 1 heterocycles. The van der Waals surface area contributed by atoms with Gasteiger partial charge in [-0.25, -0.2) is 0 Å². The minimum absolute atomic E-state index is 0.0279. The van der Waals surface area contributed by atoms with E-state index in [2.05, 4.69) is 10.6 Å². The molecule has 2 N–H and O–H groups in total. The number of hydrogen-bond acceptors (Lipinski definition) is 4. The van der Waals surface area contributed by atoms with Crippen molar-refractivity contribution in [2.75, 3.05) is 32.6 Å². The molecule has 0 unspecified atom stereocenters. The van der Waals surface area contributed by atoms with Crippen molar-refractivity contribution in [2.45, 2.75) is 25.7 Å². The average molecular weight is 292 g/mol. The molecule has 0 atom stereocenters. The Kier molecular flexibility index (Phi) is 5.87. The van der Waals surface area contributed by atoms with Crippen molar-refractivity contribution in [3.05, 3.63) is 18.2 Å². The first kappa shape index (κ1) is 15.6. The van der Waals surface area contributed by atoms with Crippen LogP contribution in [0.2, 0.25) is 0 Å². The normalized spacial score (nSPS) is 15.5. The smallest absolute Gasteiger partial charge is 0.224 e. The van der Waals surface area contributed by atoms with Crippen molar-refractivity contribution < 1.29 is 14.3 Å². The van der Waals surface area contributed by atoms with E-state index >= 15 is 0 Å². The Balaban J connectivity index is 1.89. The van der Waals surface area contributed by atoms with Crippen LogP contribution in [0.4, 0.5) is 5.69 Å². The zero-order chi connectivity index (χ0) is 15.1. The molecule has 116 valence electrons. The summed E-state index contributed by atoms with van der Waals surface area (Å²) in [5.74, 6) is 2.03. The van der Waals surface area contributed by atoms with Crippen LogP contribution in [0.5, 0.6) is 11.5 Å². The molecule has 0 aromatic heterocycles. The highest BCUT2D eigenvalue weighted by Crippen LogP contribution is 2.29. The molecule has 1 fully saturated rings. The lowest BCUT2D eigenvalue weighted by molar-refractivity contribution is -0.116. The number of carbonyl (C=O) groups excluding carboxylic acids is 1. The van der Waals surface area contributed by atoms with Crippen LogP contribution >= 0.6 is 0 Å². The number of carbonyl (C=O) groups is 1. The Labute approximate surface area is 126 Å². The third-order valence-corrected chi connectivity index (χ3v) is 3.92. The van der Waals surface area contributed by atoms with Gasteiger partial charge in [-0.1, -0.05) is 0 Å². The summed E-state index contributed by atoms with van der Waals surface area (Å²) >= 11 is 0. The Morgan fingerprint density at radius 3 is 2.71 bits per heavy atom. The molecule has 1 aromatic carbocycles. The van der Waals surface area contributed by atoms with E-state index < -0.39 is 0 Å². The highest BCUT2D eigenvalue weighted by molar-refractivity contribution is 5.92. The van der Waals surface area contributed by atoms with Crippen LogP contribution in [0.25, 0.3) is 0 Å². The number of ether oxygens (including phenoxy) is 2. The van der Waals surface area contributed by atoms with E-state index in [1.54, 1.807) is 26.4 Å². The maximum absolute atomic E-state index is 12.1. The highest BCUT2D eigenvalue weighted by Gasteiger charge is 2.15. The van der Waals surface area contributed by atoms with Gasteiger partial charge in [-0.3, -0.25) is 4.79 Å². The van der Waals surface area contributed by atoms with Crippen molar-refractivity contribution in [3.63, 3.8) is 0 Å². The van der Waals surface area contributed by atoms with E-state index in [-0.39, 0.29) is 5.91 Å². The predicted octanol–water partition coefficient (Wildman–Crippen LogP) is 2.42. The number of amides is 1. The number of rotatable bonds is 6. The fraction of sp³-hybridized carbons (Fsp3) is 0.562. The first-order valence-corrected chi connectivity index (χ1v) is 7.45. The van der Waals surface area contributed by atoms with Crippen LogP contribution in [0.15, 0.2) is 18.2 Å². The third kappa shape index (κ3) is 4.63. The van der Waals surface area contributed by atoms with Gasteiger partial charge in [0.2, 0.25) is 5.91 Å². The molecule has 1 aliphatic rings. The van der Waals surface area contributed by atoms with Crippen molar-refractivity contribution in [1.29, 1.82) is 0 Å². The second kappa shape index (κ2) is 7.88. The van der Waals surface area contributed by atoms with Crippen molar-refractivity contribution in [3.8, 4) is 11.5 Å². The largest absolute Gasteiger partial charge is 0.497 e. The molecule has 0 radical (unpaired) electrons. The van der Waals surface area contributed by atoms with Crippen molar-refractivity contribution >= 4 is 11.6 Å². The number of nitrogens with one attached hydrogen (secondary N) is 2. The maximum Gasteiger partial charge on any atom is 0.224 e. The summed E-state index contributed by atoms with van der Waals surface area (Å²) in [6.07, 6.45) is 3.82. The van der Waals surface area contributed by atoms with E-state index in [0.717, 1.165) is 32.4 Å². The number of anilines is 1. The quantitative estimate of drug-likeness (QED) is 0.845. The molecule has 1 amide bonds. The van der Waals surface area contributed by atoms with Gasteiger partial charge in [0, 0.05) is 12.5 Å². The first-order valence-electron chi connectivity index (χ1n) is 7.45. The molecule has 1 aromatic rings. The summed E-state index contributed by atoms with van der Waals surface area (Å²) in [7, 11) is 3.19. The van der Waals surface area contributed by atoms with Gasteiger partial charge in [0.05, 0.1) is 19.9 Å². The summed E-state index contributed by atoms with van der Waals surface area (Å²) in [4.78, 5) is 12.1. The second-order valence-electron chi connectivity index (χ2n) is 5.35. The van der Waals surface area contributed by atoms with Gasteiger partial charge in [-0.05, 0) is 50.4 Å². The van der Waals surface area contributed by atoms with Crippen LogP contribution in [0, 0.1) is 5.92 Å². The molecule has 2 rings (SSSR count). The maximum atomic E-state index is 12.1. The highest BCUT2D eigenvalue weighted by atomic mass is 16.5. The van der Waals surface area contributed by atoms with Crippen LogP contribution in [0.1, 0.15) is 25.7 Å². The van der Waals surface area contributed by atoms with E-state index in [9.17, 15) is 4.79 Å². The van der Waals surface area contributed by atoms with Gasteiger partial charge in [-0.15, -0.1) is 0 Å². The Morgan fingerprint density at radius 1 is 1.29 bits per heavy atom. The lowest BCUT2D eigenvalue weighted by atomic mass is 9.93. The van der Waals surface area contributed by atoms with Crippen molar-refractivity contribution in [2.24, 2.45) is 5.92 Å². The minimum atomic E-state index is 0.0279. The molecule has 5 nitrogen and oxygen atoms in total. The lowest BCUT2D eigenvalue weighted by Crippen LogP contribution is -2.28. The third-order valence-electron chi connectivity index (χ3n) is 3.92. The molecule has 1 saturated heterocycles. The van der Waals surface area contributed by atoms with Gasteiger partial charge in [0.25, 0.3) is 0 Å². The van der Waals surface area contributed by atoms with Gasteiger partial charge < -0.3 is 20.1 Å². The molecule has 0 bridgehead atoms. The fourth-order valence-electron chi connectivity index (χ4n) is 2.63. The Morgan fingerprint density at radius 2 is 2.05 bits per heavy atom. The number of piperidine rings is 1.